The molecule has 0 radical (unpaired) electrons. The minimum atomic E-state index is -1.15. The molecule has 0 spiro atoms. The Labute approximate surface area is 133 Å². The zero-order valence-corrected chi connectivity index (χ0v) is 12.8. The maximum absolute atomic E-state index is 12.6. The van der Waals surface area contributed by atoms with E-state index in [9.17, 15) is 9.59 Å². The highest BCUT2D eigenvalue weighted by Crippen LogP contribution is 2.33. The Balaban J connectivity index is 1.77. The number of fused-ring (bicyclic) bond motifs is 1. The molecule has 3 rings (SSSR count). The van der Waals surface area contributed by atoms with Crippen LogP contribution in [0.25, 0.3) is 0 Å². The van der Waals surface area contributed by atoms with Crippen molar-refractivity contribution in [1.82, 2.24) is 0 Å². The molecular formula is C16H18O7. The van der Waals surface area contributed by atoms with Crippen LogP contribution in [0.15, 0.2) is 30.3 Å². The number of carbonyl (C=O) groups is 2. The van der Waals surface area contributed by atoms with Crippen LogP contribution in [0.4, 0.5) is 0 Å². The largest absolute Gasteiger partial charge is 0.449 e. The first-order valence-corrected chi connectivity index (χ1v) is 7.31. The summed E-state index contributed by atoms with van der Waals surface area (Å²) in [6.07, 6.45) is -4.24. The van der Waals surface area contributed by atoms with Crippen molar-refractivity contribution in [3.8, 4) is 0 Å². The van der Waals surface area contributed by atoms with Crippen molar-refractivity contribution >= 4 is 11.8 Å². The van der Waals surface area contributed by atoms with Gasteiger partial charge in [0, 0.05) is 19.6 Å². The van der Waals surface area contributed by atoms with E-state index in [0.29, 0.717) is 0 Å². The Kier molecular flexibility index (Phi) is 4.72. The van der Waals surface area contributed by atoms with Crippen molar-refractivity contribution in [2.45, 2.75) is 37.8 Å². The van der Waals surface area contributed by atoms with Gasteiger partial charge in [-0.3, -0.25) is 9.59 Å². The number of esters is 1. The van der Waals surface area contributed by atoms with E-state index < -0.39 is 36.9 Å². The number of methoxy groups -OCH3 is 1. The standard InChI is InChI=1S/C16H18O7/c1-9(17)21-14-12(18)13-11(22-16(14)19-2)8-20-15(23-13)10-6-4-3-5-7-10/h3-7,11,13-16H,8H2,1-2H3/t11-,13-,14-,15-,16-/m1/s1. The molecule has 0 unspecified atom stereocenters. The minimum Gasteiger partial charge on any atom is -0.449 e. The SMILES string of the molecule is CO[C@@H]1O[C@@H]2CO[C@@H](c3ccccc3)O[C@H]2C(=O)[C@H]1OC(C)=O. The summed E-state index contributed by atoms with van der Waals surface area (Å²) in [6, 6.07) is 9.29. The molecule has 2 aliphatic heterocycles. The van der Waals surface area contributed by atoms with Crippen molar-refractivity contribution in [3.05, 3.63) is 35.9 Å². The van der Waals surface area contributed by atoms with E-state index in [1.807, 2.05) is 30.3 Å². The number of hydrogen-bond donors (Lipinski definition) is 0. The van der Waals surface area contributed by atoms with E-state index in [2.05, 4.69) is 0 Å². The Morgan fingerprint density at radius 1 is 1.22 bits per heavy atom. The molecule has 0 aliphatic carbocycles. The van der Waals surface area contributed by atoms with Gasteiger partial charge in [-0.25, -0.2) is 0 Å². The number of hydrogen-bond acceptors (Lipinski definition) is 7. The van der Waals surface area contributed by atoms with Gasteiger partial charge in [-0.05, 0) is 0 Å². The third-order valence-corrected chi connectivity index (χ3v) is 3.73. The van der Waals surface area contributed by atoms with Gasteiger partial charge in [-0.2, -0.15) is 0 Å². The van der Waals surface area contributed by atoms with Crippen LogP contribution in [0, 0.1) is 0 Å². The lowest BCUT2D eigenvalue weighted by Gasteiger charge is -2.42. The predicted octanol–water partition coefficient (Wildman–Crippen LogP) is 0.973. The molecule has 2 saturated heterocycles. The molecule has 1 aromatic rings. The van der Waals surface area contributed by atoms with Crippen LogP contribution in [0.3, 0.4) is 0 Å². The zero-order valence-electron chi connectivity index (χ0n) is 12.8. The lowest BCUT2D eigenvalue weighted by molar-refractivity contribution is -0.314. The molecule has 0 amide bonds. The number of ketones is 1. The number of benzene rings is 1. The number of carbonyl (C=O) groups excluding carboxylic acids is 2. The summed E-state index contributed by atoms with van der Waals surface area (Å²) in [5.41, 5.74) is 0.802. The number of rotatable bonds is 3. The lowest BCUT2D eigenvalue weighted by atomic mass is 9.99. The highest BCUT2D eigenvalue weighted by molar-refractivity contribution is 5.90. The second-order valence-corrected chi connectivity index (χ2v) is 5.34. The first-order valence-electron chi connectivity index (χ1n) is 7.31. The Bertz CT molecular complexity index is 573. The highest BCUT2D eigenvalue weighted by Gasteiger charge is 2.51. The summed E-state index contributed by atoms with van der Waals surface area (Å²) >= 11 is 0. The third-order valence-electron chi connectivity index (χ3n) is 3.73. The van der Waals surface area contributed by atoms with Crippen LogP contribution in [-0.2, 0) is 33.3 Å². The minimum absolute atomic E-state index is 0.183. The van der Waals surface area contributed by atoms with Gasteiger partial charge < -0.3 is 23.7 Å². The van der Waals surface area contributed by atoms with Gasteiger partial charge >= 0.3 is 5.97 Å². The summed E-state index contributed by atoms with van der Waals surface area (Å²) in [6.45, 7) is 1.41. The fourth-order valence-electron chi connectivity index (χ4n) is 2.69. The fraction of sp³-hybridized carbons (Fsp3) is 0.500. The van der Waals surface area contributed by atoms with Crippen LogP contribution in [0.5, 0.6) is 0 Å². The zero-order chi connectivity index (χ0) is 16.4. The van der Waals surface area contributed by atoms with Crippen molar-refractivity contribution < 1.29 is 33.3 Å². The van der Waals surface area contributed by atoms with E-state index >= 15 is 0 Å². The van der Waals surface area contributed by atoms with Gasteiger partial charge in [-0.1, -0.05) is 30.3 Å². The van der Waals surface area contributed by atoms with Crippen LogP contribution >= 0.6 is 0 Å². The quantitative estimate of drug-likeness (QED) is 0.767. The molecular weight excluding hydrogens is 304 g/mol. The van der Waals surface area contributed by atoms with Gasteiger partial charge in [0.1, 0.15) is 6.10 Å². The first-order chi connectivity index (χ1) is 11.1. The second kappa shape index (κ2) is 6.76. The van der Waals surface area contributed by atoms with E-state index in [4.69, 9.17) is 23.7 Å². The fourth-order valence-corrected chi connectivity index (χ4v) is 2.69. The summed E-state index contributed by atoms with van der Waals surface area (Å²) in [5, 5.41) is 0. The summed E-state index contributed by atoms with van der Waals surface area (Å²) < 4.78 is 27.2. The average molecular weight is 322 g/mol. The predicted molar refractivity (Wildman–Crippen MR) is 76.2 cm³/mol. The Morgan fingerprint density at radius 3 is 2.61 bits per heavy atom. The summed E-state index contributed by atoms with van der Waals surface area (Å²) in [4.78, 5) is 23.8. The normalized spacial score (nSPS) is 33.8. The van der Waals surface area contributed by atoms with Crippen molar-refractivity contribution in [2.24, 2.45) is 0 Å². The molecule has 7 heteroatoms. The second-order valence-electron chi connectivity index (χ2n) is 5.34. The van der Waals surface area contributed by atoms with E-state index in [1.165, 1.54) is 14.0 Å². The van der Waals surface area contributed by atoms with E-state index in [-0.39, 0.29) is 12.4 Å². The molecule has 1 aromatic carbocycles. The van der Waals surface area contributed by atoms with Crippen molar-refractivity contribution in [3.63, 3.8) is 0 Å². The van der Waals surface area contributed by atoms with Gasteiger partial charge in [0.2, 0.25) is 18.2 Å². The van der Waals surface area contributed by atoms with Crippen molar-refractivity contribution in [1.29, 1.82) is 0 Å². The third kappa shape index (κ3) is 3.28. The highest BCUT2D eigenvalue weighted by atomic mass is 16.8. The van der Waals surface area contributed by atoms with Crippen LogP contribution in [0.1, 0.15) is 18.8 Å². The van der Waals surface area contributed by atoms with Gasteiger partial charge in [0.15, 0.2) is 12.4 Å². The average Bonchev–Trinajstić information content (AvgIpc) is 2.57. The maximum atomic E-state index is 12.6. The van der Waals surface area contributed by atoms with E-state index in [1.54, 1.807) is 0 Å². The molecule has 0 N–H and O–H groups in total. The molecule has 5 atom stereocenters. The molecule has 2 heterocycles. The molecule has 0 aromatic heterocycles. The number of Topliss-reactive ketones (excluding diaryl/α,β-unsaturated/α-hetero) is 1. The van der Waals surface area contributed by atoms with Crippen LogP contribution < -0.4 is 0 Å². The lowest BCUT2D eigenvalue weighted by Crippen LogP contribution is -2.60. The molecule has 124 valence electrons. The van der Waals surface area contributed by atoms with Crippen LogP contribution in [-0.4, -0.2) is 50.1 Å². The van der Waals surface area contributed by atoms with Gasteiger partial charge in [0.05, 0.1) is 6.61 Å². The summed E-state index contributed by atoms with van der Waals surface area (Å²) in [7, 11) is 1.38. The monoisotopic (exact) mass is 322 g/mol. The molecule has 0 bridgehead atoms. The maximum Gasteiger partial charge on any atom is 0.303 e. The Hall–Kier alpha value is -1.80. The molecule has 2 aliphatic rings. The molecule has 7 nitrogen and oxygen atoms in total. The first kappa shape index (κ1) is 16.1. The molecule has 2 fully saturated rings. The Morgan fingerprint density at radius 2 is 1.96 bits per heavy atom. The molecule has 23 heavy (non-hydrogen) atoms. The van der Waals surface area contributed by atoms with Crippen LogP contribution in [0.2, 0.25) is 0 Å². The molecule has 0 saturated carbocycles. The summed E-state index contributed by atoms with van der Waals surface area (Å²) in [5.74, 6) is -0.966. The van der Waals surface area contributed by atoms with E-state index in [0.717, 1.165) is 5.56 Å². The smallest absolute Gasteiger partial charge is 0.303 e. The number of ether oxygens (including phenoxy) is 5. The van der Waals surface area contributed by atoms with Crippen molar-refractivity contribution in [2.75, 3.05) is 13.7 Å². The van der Waals surface area contributed by atoms with Gasteiger partial charge in [0.25, 0.3) is 0 Å². The topological polar surface area (TPSA) is 80.3 Å². The van der Waals surface area contributed by atoms with Gasteiger partial charge in [-0.15, -0.1) is 0 Å².